The van der Waals surface area contributed by atoms with Crippen molar-refractivity contribution >= 4 is 11.5 Å². The second-order valence-electron chi connectivity index (χ2n) is 5.70. The van der Waals surface area contributed by atoms with E-state index in [0.717, 1.165) is 16.9 Å². The first-order valence-electron chi connectivity index (χ1n) is 8.05. The van der Waals surface area contributed by atoms with E-state index in [2.05, 4.69) is 20.5 Å². The molecule has 0 aliphatic rings. The molecular weight excluding hydrogens is 333 g/mol. The summed E-state index contributed by atoms with van der Waals surface area (Å²) in [4.78, 5) is 4.04. The van der Waals surface area contributed by atoms with E-state index in [1.807, 2.05) is 28.7 Å². The number of benzene rings is 1. The van der Waals surface area contributed by atoms with E-state index < -0.39 is 0 Å². The largest absolute Gasteiger partial charge is 0.497 e. The first-order chi connectivity index (χ1) is 12.8. The minimum Gasteiger partial charge on any atom is -0.497 e. The van der Waals surface area contributed by atoms with Crippen LogP contribution < -0.4 is 10.1 Å². The summed E-state index contributed by atoms with van der Waals surface area (Å²) in [7, 11) is 1.56. The van der Waals surface area contributed by atoms with Crippen LogP contribution in [-0.2, 0) is 6.54 Å². The van der Waals surface area contributed by atoms with Crippen LogP contribution in [0.3, 0.4) is 0 Å². The molecule has 0 amide bonds. The fraction of sp³-hybridized carbons (Fsp3) is 0.105. The van der Waals surface area contributed by atoms with Crippen molar-refractivity contribution in [2.45, 2.75) is 6.54 Å². The van der Waals surface area contributed by atoms with Crippen molar-refractivity contribution in [1.82, 2.24) is 19.6 Å². The van der Waals surface area contributed by atoms with Crippen molar-refractivity contribution in [3.05, 3.63) is 72.6 Å². The van der Waals surface area contributed by atoms with Gasteiger partial charge < -0.3 is 10.1 Å². The number of nitrogens with one attached hydrogen (secondary N) is 1. The molecule has 1 N–H and O–H groups in total. The zero-order chi connectivity index (χ0) is 17.9. The van der Waals surface area contributed by atoms with Gasteiger partial charge in [-0.2, -0.15) is 0 Å². The first-order valence-corrected chi connectivity index (χ1v) is 8.05. The molecule has 0 spiro atoms. The minimum absolute atomic E-state index is 0.285. The van der Waals surface area contributed by atoms with Gasteiger partial charge in [0.15, 0.2) is 5.65 Å². The van der Waals surface area contributed by atoms with Crippen molar-refractivity contribution in [2.75, 3.05) is 12.4 Å². The zero-order valence-corrected chi connectivity index (χ0v) is 14.1. The summed E-state index contributed by atoms with van der Waals surface area (Å²) in [5.41, 5.74) is 3.18. The third kappa shape index (κ3) is 2.95. The molecular formula is C19H16FN5O. The Morgan fingerprint density at radius 1 is 1.12 bits per heavy atom. The Labute approximate surface area is 149 Å². The lowest BCUT2D eigenvalue weighted by Gasteiger charge is -2.12. The highest BCUT2D eigenvalue weighted by Crippen LogP contribution is 2.26. The van der Waals surface area contributed by atoms with E-state index in [9.17, 15) is 4.39 Å². The van der Waals surface area contributed by atoms with Gasteiger partial charge in [0.25, 0.3) is 0 Å². The van der Waals surface area contributed by atoms with Gasteiger partial charge in [0, 0.05) is 30.1 Å². The predicted molar refractivity (Wildman–Crippen MR) is 96.5 cm³/mol. The summed E-state index contributed by atoms with van der Waals surface area (Å²) in [6.45, 7) is 0.310. The maximum atomic E-state index is 14.0. The van der Waals surface area contributed by atoms with Gasteiger partial charge in [-0.25, -0.2) is 4.39 Å². The summed E-state index contributed by atoms with van der Waals surface area (Å²) in [5.74, 6) is 1.10. The Morgan fingerprint density at radius 3 is 2.77 bits per heavy atom. The molecule has 0 aliphatic heterocycles. The summed E-state index contributed by atoms with van der Waals surface area (Å²) in [6.07, 6.45) is 5.10. The number of pyridine rings is 2. The van der Waals surface area contributed by atoms with Crippen molar-refractivity contribution in [2.24, 2.45) is 0 Å². The normalized spacial score (nSPS) is 10.8. The molecule has 0 radical (unpaired) electrons. The molecule has 0 saturated carbocycles. The Kier molecular flexibility index (Phi) is 4.18. The van der Waals surface area contributed by atoms with Crippen molar-refractivity contribution < 1.29 is 9.13 Å². The number of aromatic nitrogens is 4. The lowest BCUT2D eigenvalue weighted by Crippen LogP contribution is -2.06. The van der Waals surface area contributed by atoms with E-state index >= 15 is 0 Å². The molecule has 6 nitrogen and oxygen atoms in total. The van der Waals surface area contributed by atoms with Crippen LogP contribution in [0.2, 0.25) is 0 Å². The average Bonchev–Trinajstić information content (AvgIpc) is 3.18. The fourth-order valence-electron chi connectivity index (χ4n) is 2.81. The smallest absolute Gasteiger partial charge is 0.170 e. The lowest BCUT2D eigenvalue weighted by molar-refractivity contribution is 0.413. The molecule has 1 aromatic carbocycles. The fourth-order valence-corrected chi connectivity index (χ4v) is 2.81. The molecule has 4 aromatic rings. The van der Waals surface area contributed by atoms with E-state index in [-0.39, 0.29) is 5.82 Å². The highest BCUT2D eigenvalue weighted by molar-refractivity contribution is 5.78. The number of rotatable bonds is 5. The van der Waals surface area contributed by atoms with Crippen LogP contribution in [0.15, 0.2) is 61.2 Å². The molecule has 0 saturated heterocycles. The maximum Gasteiger partial charge on any atom is 0.170 e. The van der Waals surface area contributed by atoms with Gasteiger partial charge in [0.05, 0.1) is 7.11 Å². The van der Waals surface area contributed by atoms with Crippen LogP contribution in [0.4, 0.5) is 10.2 Å². The van der Waals surface area contributed by atoms with Crippen molar-refractivity contribution in [3.8, 4) is 16.9 Å². The van der Waals surface area contributed by atoms with Gasteiger partial charge in [-0.3, -0.25) is 9.38 Å². The molecule has 3 aromatic heterocycles. The van der Waals surface area contributed by atoms with Crippen LogP contribution in [0, 0.1) is 5.82 Å². The van der Waals surface area contributed by atoms with Crippen LogP contribution in [0.25, 0.3) is 16.8 Å². The number of nitrogens with zero attached hydrogens (tertiary/aromatic N) is 4. The Bertz CT molecular complexity index is 1050. The molecule has 0 aliphatic carbocycles. The number of halogens is 1. The number of methoxy groups -OCH3 is 1. The van der Waals surface area contributed by atoms with Gasteiger partial charge in [0.2, 0.25) is 0 Å². The van der Waals surface area contributed by atoms with Crippen molar-refractivity contribution in [1.29, 1.82) is 0 Å². The monoisotopic (exact) mass is 349 g/mol. The molecule has 130 valence electrons. The third-order valence-corrected chi connectivity index (χ3v) is 4.16. The van der Waals surface area contributed by atoms with Crippen LogP contribution in [0.1, 0.15) is 5.56 Å². The maximum absolute atomic E-state index is 14.0. The van der Waals surface area contributed by atoms with Crippen LogP contribution in [-0.4, -0.2) is 26.7 Å². The summed E-state index contributed by atoms with van der Waals surface area (Å²) >= 11 is 0. The molecule has 0 atom stereocenters. The van der Waals surface area contributed by atoms with E-state index in [1.165, 1.54) is 6.07 Å². The third-order valence-electron chi connectivity index (χ3n) is 4.16. The number of hydrogen-bond acceptors (Lipinski definition) is 5. The molecule has 3 heterocycles. The second kappa shape index (κ2) is 6.79. The quantitative estimate of drug-likeness (QED) is 0.597. The highest BCUT2D eigenvalue weighted by Gasteiger charge is 2.11. The summed E-state index contributed by atoms with van der Waals surface area (Å²) in [5, 5.41) is 11.5. The average molecular weight is 349 g/mol. The SMILES string of the molecule is COc1ccc(F)c(CNc2ccc(-c3ccncc3)c3nncn23)c1. The number of anilines is 1. The van der Waals surface area contributed by atoms with Crippen molar-refractivity contribution in [3.63, 3.8) is 0 Å². The zero-order valence-electron chi connectivity index (χ0n) is 14.1. The van der Waals surface area contributed by atoms with Gasteiger partial charge in [0.1, 0.15) is 23.7 Å². The standard InChI is InChI=1S/C19H16FN5O/c1-26-15-2-4-17(20)14(10-15)11-22-18-5-3-16(13-6-8-21-9-7-13)19-24-23-12-25(18)19/h2-10,12,22H,11H2,1H3. The molecule has 7 heteroatoms. The Hall–Kier alpha value is -3.48. The number of hydrogen-bond donors (Lipinski definition) is 1. The molecule has 0 fully saturated rings. The molecule has 0 unspecified atom stereocenters. The van der Waals surface area contributed by atoms with Crippen LogP contribution >= 0.6 is 0 Å². The lowest BCUT2D eigenvalue weighted by atomic mass is 10.1. The van der Waals surface area contributed by atoms with Crippen LogP contribution in [0.5, 0.6) is 5.75 Å². The molecule has 26 heavy (non-hydrogen) atoms. The number of ether oxygens (including phenoxy) is 1. The Morgan fingerprint density at radius 2 is 1.96 bits per heavy atom. The topological polar surface area (TPSA) is 64.3 Å². The first kappa shape index (κ1) is 16.0. The predicted octanol–water partition coefficient (Wildman–Crippen LogP) is 3.55. The Balaban J connectivity index is 1.66. The van der Waals surface area contributed by atoms with Gasteiger partial charge in [-0.05, 0) is 48.0 Å². The molecule has 4 rings (SSSR count). The minimum atomic E-state index is -0.285. The van der Waals surface area contributed by atoms with E-state index in [1.54, 1.807) is 38.0 Å². The summed E-state index contributed by atoms with van der Waals surface area (Å²) in [6, 6.07) is 12.4. The second-order valence-corrected chi connectivity index (χ2v) is 5.70. The molecule has 0 bridgehead atoms. The van der Waals surface area contributed by atoms with Gasteiger partial charge in [-0.1, -0.05) is 0 Å². The van der Waals surface area contributed by atoms with E-state index in [0.29, 0.717) is 23.5 Å². The highest BCUT2D eigenvalue weighted by atomic mass is 19.1. The van der Waals surface area contributed by atoms with E-state index in [4.69, 9.17) is 4.74 Å². The van der Waals surface area contributed by atoms with Gasteiger partial charge in [-0.15, -0.1) is 10.2 Å². The number of fused-ring (bicyclic) bond motifs is 1. The summed E-state index contributed by atoms with van der Waals surface area (Å²) < 4.78 is 21.0. The van der Waals surface area contributed by atoms with Gasteiger partial charge >= 0.3 is 0 Å².